The summed E-state index contributed by atoms with van der Waals surface area (Å²) in [6.07, 6.45) is 3.06. The van der Waals surface area contributed by atoms with E-state index in [9.17, 15) is 4.79 Å². The van der Waals surface area contributed by atoms with Gasteiger partial charge in [-0.05, 0) is 12.1 Å². The van der Waals surface area contributed by atoms with Gasteiger partial charge < -0.3 is 5.32 Å². The molecule has 0 atom stereocenters. The van der Waals surface area contributed by atoms with Gasteiger partial charge in [0.15, 0.2) is 0 Å². The van der Waals surface area contributed by atoms with Crippen molar-refractivity contribution in [2.45, 2.75) is 0 Å². The first-order valence-corrected chi connectivity index (χ1v) is 2.82. The van der Waals surface area contributed by atoms with Crippen LogP contribution in [0.3, 0.4) is 0 Å². The van der Waals surface area contributed by atoms with Crippen molar-refractivity contribution in [2.75, 3.05) is 7.02 Å². The molecule has 0 saturated carbocycles. The van der Waals surface area contributed by atoms with E-state index in [1.807, 2.05) is 0 Å². The number of rotatable bonds is 1. The van der Waals surface area contributed by atoms with Gasteiger partial charge in [0.2, 0.25) is 0 Å². The highest BCUT2D eigenvalue weighted by Gasteiger charge is 1.98. The van der Waals surface area contributed by atoms with Gasteiger partial charge in [-0.1, -0.05) is 0 Å². The second kappa shape index (κ2) is 2.96. The molecule has 1 rings (SSSR count). The van der Waals surface area contributed by atoms with E-state index in [4.69, 9.17) is 1.37 Å². The Morgan fingerprint density at radius 1 is 1.90 bits per heavy atom. The van der Waals surface area contributed by atoms with Crippen LogP contribution in [0, 0.1) is 0 Å². The Kier molecular flexibility index (Phi) is 1.60. The number of pyridine rings is 1. The van der Waals surface area contributed by atoms with Crippen molar-refractivity contribution in [3.8, 4) is 0 Å². The minimum atomic E-state index is -0.256. The molecular formula is C7H8N2O. The fourth-order valence-electron chi connectivity index (χ4n) is 0.599. The van der Waals surface area contributed by atoms with Crippen molar-refractivity contribution in [1.29, 1.82) is 0 Å². The SMILES string of the molecule is [2H]CNC(=O)c1cccnc1. The number of nitrogens with one attached hydrogen (secondary N) is 1. The summed E-state index contributed by atoms with van der Waals surface area (Å²) in [5.41, 5.74) is 0.486. The van der Waals surface area contributed by atoms with Gasteiger partial charge in [0.1, 0.15) is 0 Å². The Morgan fingerprint density at radius 2 is 2.80 bits per heavy atom. The fraction of sp³-hybridized carbons (Fsp3) is 0.143. The first-order chi connectivity index (χ1) is 5.34. The minimum absolute atomic E-state index is 0.103. The third-order valence-corrected chi connectivity index (χ3v) is 1.08. The predicted octanol–water partition coefficient (Wildman–Crippen LogP) is 0.441. The van der Waals surface area contributed by atoms with Crippen molar-refractivity contribution in [3.05, 3.63) is 30.1 Å². The maximum Gasteiger partial charge on any atom is 0.252 e. The van der Waals surface area contributed by atoms with Crippen LogP contribution in [-0.2, 0) is 0 Å². The highest BCUT2D eigenvalue weighted by atomic mass is 16.1. The van der Waals surface area contributed by atoms with E-state index in [1.165, 1.54) is 6.20 Å². The lowest BCUT2D eigenvalue weighted by atomic mass is 10.3. The number of carbonyl (C=O) groups is 1. The van der Waals surface area contributed by atoms with Gasteiger partial charge in [0, 0.05) is 20.8 Å². The zero-order chi connectivity index (χ0) is 8.10. The highest BCUT2D eigenvalue weighted by molar-refractivity contribution is 5.93. The number of aromatic nitrogens is 1. The molecule has 1 aromatic heterocycles. The quantitative estimate of drug-likeness (QED) is 0.610. The number of amides is 1. The zero-order valence-electron chi connectivity index (χ0n) is 6.37. The molecule has 1 aromatic rings. The van der Waals surface area contributed by atoms with E-state index < -0.39 is 0 Å². The molecule has 3 heteroatoms. The molecule has 0 aliphatic carbocycles. The summed E-state index contributed by atoms with van der Waals surface area (Å²) in [4.78, 5) is 14.7. The highest BCUT2D eigenvalue weighted by Crippen LogP contribution is 1.93. The van der Waals surface area contributed by atoms with Gasteiger partial charge in [-0.2, -0.15) is 0 Å². The zero-order valence-corrected chi connectivity index (χ0v) is 5.37. The minimum Gasteiger partial charge on any atom is -0.355 e. The van der Waals surface area contributed by atoms with E-state index >= 15 is 0 Å². The van der Waals surface area contributed by atoms with Crippen LogP contribution in [0.2, 0.25) is 0 Å². The second-order valence-corrected chi connectivity index (χ2v) is 1.75. The summed E-state index contributed by atoms with van der Waals surface area (Å²) in [7, 11) is -0.103. The summed E-state index contributed by atoms with van der Waals surface area (Å²) in [5, 5.41) is 2.35. The largest absolute Gasteiger partial charge is 0.355 e. The lowest BCUT2D eigenvalue weighted by molar-refractivity contribution is 0.0963. The number of hydrogen-bond donors (Lipinski definition) is 1. The van der Waals surface area contributed by atoms with Crippen LogP contribution >= 0.6 is 0 Å². The summed E-state index contributed by atoms with van der Waals surface area (Å²) < 4.78 is 6.73. The lowest BCUT2D eigenvalue weighted by Crippen LogP contribution is -2.17. The maximum absolute atomic E-state index is 11.0. The van der Waals surface area contributed by atoms with Gasteiger partial charge in [0.25, 0.3) is 5.91 Å². The van der Waals surface area contributed by atoms with Gasteiger partial charge in [-0.25, -0.2) is 0 Å². The molecule has 0 aliphatic rings. The average molecular weight is 137 g/mol. The van der Waals surface area contributed by atoms with Crippen LogP contribution in [0.5, 0.6) is 0 Å². The van der Waals surface area contributed by atoms with Crippen molar-refractivity contribution < 1.29 is 6.17 Å². The molecule has 10 heavy (non-hydrogen) atoms. The van der Waals surface area contributed by atoms with Gasteiger partial charge in [0.05, 0.1) is 5.56 Å². The van der Waals surface area contributed by atoms with Gasteiger partial charge >= 0.3 is 0 Å². The summed E-state index contributed by atoms with van der Waals surface area (Å²) >= 11 is 0. The molecule has 1 amide bonds. The third kappa shape index (κ3) is 1.31. The Bertz CT molecular complexity index is 237. The molecule has 3 nitrogen and oxygen atoms in total. The molecule has 0 spiro atoms. The van der Waals surface area contributed by atoms with Crippen molar-refractivity contribution in [2.24, 2.45) is 0 Å². The first-order valence-electron chi connectivity index (χ1n) is 3.53. The number of nitrogens with zero attached hydrogens (tertiary/aromatic N) is 1. The van der Waals surface area contributed by atoms with Crippen molar-refractivity contribution >= 4 is 5.91 Å². The van der Waals surface area contributed by atoms with Crippen LogP contribution < -0.4 is 5.32 Å². The summed E-state index contributed by atoms with van der Waals surface area (Å²) in [6, 6.07) is 3.33. The molecule has 0 unspecified atom stereocenters. The summed E-state index contributed by atoms with van der Waals surface area (Å²) in [5.74, 6) is -0.256. The smallest absolute Gasteiger partial charge is 0.252 e. The van der Waals surface area contributed by atoms with E-state index in [0.29, 0.717) is 5.56 Å². The van der Waals surface area contributed by atoms with Gasteiger partial charge in [-0.3, -0.25) is 9.78 Å². The molecule has 0 saturated heterocycles. The van der Waals surface area contributed by atoms with Crippen LogP contribution in [0.15, 0.2) is 24.5 Å². The van der Waals surface area contributed by atoms with Gasteiger partial charge in [-0.15, -0.1) is 0 Å². The molecule has 0 fully saturated rings. The monoisotopic (exact) mass is 137 g/mol. The molecule has 0 aromatic carbocycles. The average Bonchev–Trinajstić information content (AvgIpc) is 2.07. The van der Waals surface area contributed by atoms with E-state index in [0.717, 1.165) is 0 Å². The predicted molar refractivity (Wildman–Crippen MR) is 37.6 cm³/mol. The lowest BCUT2D eigenvalue weighted by Gasteiger charge is -1.95. The maximum atomic E-state index is 11.0. The Balaban J connectivity index is 2.69. The molecule has 52 valence electrons. The van der Waals surface area contributed by atoms with Crippen LogP contribution in [-0.4, -0.2) is 17.9 Å². The van der Waals surface area contributed by atoms with Crippen molar-refractivity contribution in [1.82, 2.24) is 10.3 Å². The third-order valence-electron chi connectivity index (χ3n) is 1.08. The first kappa shape index (κ1) is 5.41. The number of hydrogen-bond acceptors (Lipinski definition) is 2. The van der Waals surface area contributed by atoms with E-state index in [2.05, 4.69) is 10.3 Å². The second-order valence-electron chi connectivity index (χ2n) is 1.75. The Morgan fingerprint density at radius 3 is 3.40 bits per heavy atom. The van der Waals surface area contributed by atoms with Crippen LogP contribution in [0.1, 0.15) is 11.7 Å². The Labute approximate surface area is 60.5 Å². The molecule has 0 aliphatic heterocycles. The summed E-state index contributed by atoms with van der Waals surface area (Å²) in [6.45, 7) is 0. The molecular weight excluding hydrogens is 128 g/mol. The normalized spacial score (nSPS) is 10.2. The van der Waals surface area contributed by atoms with Crippen LogP contribution in [0.25, 0.3) is 0 Å². The molecule has 1 N–H and O–H groups in total. The number of carbonyl (C=O) groups excluding carboxylic acids is 1. The standard InChI is InChI=1S/C7H8N2O/c1-8-7(10)6-3-2-4-9-5-6/h2-5H,1H3,(H,8,10)/i1D. The van der Waals surface area contributed by atoms with E-state index in [1.54, 1.807) is 18.3 Å². The Hall–Kier alpha value is -1.38. The fourth-order valence-corrected chi connectivity index (χ4v) is 0.599. The molecule has 0 radical (unpaired) electrons. The van der Waals surface area contributed by atoms with Crippen LogP contribution in [0.4, 0.5) is 0 Å². The van der Waals surface area contributed by atoms with Crippen molar-refractivity contribution in [3.63, 3.8) is 0 Å². The molecule has 0 bridgehead atoms. The topological polar surface area (TPSA) is 42.0 Å². The van der Waals surface area contributed by atoms with E-state index in [-0.39, 0.29) is 12.9 Å². The molecule has 1 heterocycles.